The van der Waals surface area contributed by atoms with Crippen molar-refractivity contribution >= 4 is 23.5 Å². The molecule has 7 heteroatoms. The molecular formula is C11H11ClN2O4. The van der Waals surface area contributed by atoms with Crippen LogP contribution < -0.4 is 0 Å². The lowest BCUT2D eigenvalue weighted by molar-refractivity contribution is -0.141. The highest BCUT2D eigenvalue weighted by Gasteiger charge is 2.39. The van der Waals surface area contributed by atoms with Crippen molar-refractivity contribution in [1.29, 1.82) is 0 Å². The molecule has 2 N–H and O–H groups in total. The number of pyridine rings is 1. The fraction of sp³-hybridized carbons (Fsp3) is 0.364. The lowest BCUT2D eigenvalue weighted by atomic mass is 10.2. The minimum atomic E-state index is -1.14. The monoisotopic (exact) mass is 270 g/mol. The van der Waals surface area contributed by atoms with Crippen LogP contribution in [0.25, 0.3) is 0 Å². The van der Waals surface area contributed by atoms with E-state index >= 15 is 0 Å². The minimum Gasteiger partial charge on any atom is -0.480 e. The van der Waals surface area contributed by atoms with Crippen LogP contribution in [0.15, 0.2) is 18.3 Å². The number of amides is 1. The Morgan fingerprint density at radius 1 is 1.50 bits per heavy atom. The summed E-state index contributed by atoms with van der Waals surface area (Å²) in [5, 5.41) is 18.8. The quantitative estimate of drug-likeness (QED) is 0.811. The van der Waals surface area contributed by atoms with Gasteiger partial charge in [0.15, 0.2) is 0 Å². The van der Waals surface area contributed by atoms with Crippen LogP contribution in [0.3, 0.4) is 0 Å². The van der Waals surface area contributed by atoms with Crippen LogP contribution in [0.2, 0.25) is 5.02 Å². The van der Waals surface area contributed by atoms with Crippen molar-refractivity contribution in [1.82, 2.24) is 9.88 Å². The number of β-amino-alcohol motifs (C(OH)–C–C–N with tert-alkyl or cyclic N) is 1. The zero-order valence-electron chi connectivity index (χ0n) is 9.28. The van der Waals surface area contributed by atoms with Gasteiger partial charge in [0.05, 0.1) is 6.10 Å². The summed E-state index contributed by atoms with van der Waals surface area (Å²) in [5.74, 6) is -1.68. The molecule has 1 fully saturated rings. The van der Waals surface area contributed by atoms with Crippen LogP contribution >= 0.6 is 11.6 Å². The number of aromatic nitrogens is 1. The fourth-order valence-corrected chi connectivity index (χ4v) is 2.10. The van der Waals surface area contributed by atoms with Gasteiger partial charge in [-0.25, -0.2) is 4.79 Å². The molecule has 1 aromatic rings. The van der Waals surface area contributed by atoms with Gasteiger partial charge in [-0.05, 0) is 12.1 Å². The van der Waals surface area contributed by atoms with E-state index in [1.807, 2.05) is 0 Å². The van der Waals surface area contributed by atoms with Gasteiger partial charge >= 0.3 is 5.97 Å². The molecule has 96 valence electrons. The Labute approximate surface area is 108 Å². The SMILES string of the molecule is O=C(O)[C@@H]1C[C@@H](O)CN1C(=O)c1cc(Cl)ccn1. The summed E-state index contributed by atoms with van der Waals surface area (Å²) in [6, 6.07) is 1.87. The van der Waals surface area contributed by atoms with Crippen molar-refractivity contribution in [2.75, 3.05) is 6.54 Å². The number of aliphatic hydroxyl groups is 1. The number of carboxylic acids is 1. The number of carbonyl (C=O) groups excluding carboxylic acids is 1. The number of aliphatic hydroxyl groups excluding tert-OH is 1. The summed E-state index contributed by atoms with van der Waals surface area (Å²) >= 11 is 5.75. The zero-order chi connectivity index (χ0) is 13.3. The van der Waals surface area contributed by atoms with Gasteiger partial charge in [-0.1, -0.05) is 11.6 Å². The van der Waals surface area contributed by atoms with E-state index in [2.05, 4.69) is 4.98 Å². The third-order valence-corrected chi connectivity index (χ3v) is 3.00. The third kappa shape index (κ3) is 2.44. The molecule has 1 aromatic heterocycles. The van der Waals surface area contributed by atoms with E-state index in [-0.39, 0.29) is 18.7 Å². The van der Waals surface area contributed by atoms with Crippen molar-refractivity contribution in [3.63, 3.8) is 0 Å². The summed E-state index contributed by atoms with van der Waals surface area (Å²) in [6.07, 6.45) is 0.577. The summed E-state index contributed by atoms with van der Waals surface area (Å²) in [6.45, 7) is -0.00993. The van der Waals surface area contributed by atoms with Gasteiger partial charge in [-0.2, -0.15) is 0 Å². The summed E-state index contributed by atoms with van der Waals surface area (Å²) in [4.78, 5) is 28.1. The Morgan fingerprint density at radius 3 is 2.83 bits per heavy atom. The molecule has 0 aliphatic carbocycles. The molecule has 1 aliphatic heterocycles. The molecule has 0 saturated carbocycles. The van der Waals surface area contributed by atoms with E-state index in [4.69, 9.17) is 16.7 Å². The number of carboxylic acid groups (broad SMARTS) is 1. The molecule has 0 unspecified atom stereocenters. The van der Waals surface area contributed by atoms with Gasteiger partial charge in [-0.15, -0.1) is 0 Å². The first kappa shape index (κ1) is 12.8. The molecule has 0 radical (unpaired) electrons. The third-order valence-electron chi connectivity index (χ3n) is 2.77. The summed E-state index contributed by atoms with van der Waals surface area (Å²) in [5.41, 5.74) is 0.0721. The molecule has 18 heavy (non-hydrogen) atoms. The molecule has 6 nitrogen and oxygen atoms in total. The normalized spacial score (nSPS) is 23.1. The van der Waals surface area contributed by atoms with E-state index in [1.165, 1.54) is 18.3 Å². The average Bonchev–Trinajstić information content (AvgIpc) is 2.70. The lowest BCUT2D eigenvalue weighted by Gasteiger charge is -2.20. The van der Waals surface area contributed by atoms with E-state index in [9.17, 15) is 14.7 Å². The van der Waals surface area contributed by atoms with Crippen LogP contribution in [0.4, 0.5) is 0 Å². The van der Waals surface area contributed by atoms with E-state index in [0.717, 1.165) is 4.90 Å². The molecule has 2 heterocycles. The molecule has 1 amide bonds. The number of halogens is 1. The number of carbonyl (C=O) groups is 2. The summed E-state index contributed by atoms with van der Waals surface area (Å²) in [7, 11) is 0. The fourth-order valence-electron chi connectivity index (χ4n) is 1.94. The predicted octanol–water partition coefficient (Wildman–Crippen LogP) is 0.395. The molecular weight excluding hydrogens is 260 g/mol. The smallest absolute Gasteiger partial charge is 0.326 e. The molecule has 2 rings (SSSR count). The van der Waals surface area contributed by atoms with Crippen LogP contribution in [-0.2, 0) is 4.79 Å². The second-order valence-corrected chi connectivity index (χ2v) is 4.50. The molecule has 0 aromatic carbocycles. The van der Waals surface area contributed by atoms with Gasteiger partial charge in [0.25, 0.3) is 5.91 Å². The second-order valence-electron chi connectivity index (χ2n) is 4.06. The highest BCUT2D eigenvalue weighted by molar-refractivity contribution is 6.30. The molecule has 0 spiro atoms. The van der Waals surface area contributed by atoms with Gasteiger partial charge in [0.1, 0.15) is 11.7 Å². The Balaban J connectivity index is 2.25. The van der Waals surface area contributed by atoms with Gasteiger partial charge in [-0.3, -0.25) is 9.78 Å². The maximum Gasteiger partial charge on any atom is 0.326 e. The first-order valence-corrected chi connectivity index (χ1v) is 5.70. The van der Waals surface area contributed by atoms with E-state index in [1.54, 1.807) is 0 Å². The largest absolute Gasteiger partial charge is 0.480 e. The Kier molecular flexibility index (Phi) is 3.49. The molecule has 2 atom stereocenters. The highest BCUT2D eigenvalue weighted by Crippen LogP contribution is 2.21. The molecule has 1 aliphatic rings. The number of hydrogen-bond donors (Lipinski definition) is 2. The first-order valence-electron chi connectivity index (χ1n) is 5.32. The van der Waals surface area contributed by atoms with Crippen molar-refractivity contribution in [2.45, 2.75) is 18.6 Å². The van der Waals surface area contributed by atoms with Crippen LogP contribution in [0, 0.1) is 0 Å². The number of rotatable bonds is 2. The maximum absolute atomic E-state index is 12.1. The van der Waals surface area contributed by atoms with Gasteiger partial charge in [0.2, 0.25) is 0 Å². The topological polar surface area (TPSA) is 90.7 Å². The van der Waals surface area contributed by atoms with Gasteiger partial charge < -0.3 is 15.1 Å². The molecule has 1 saturated heterocycles. The number of hydrogen-bond acceptors (Lipinski definition) is 4. The predicted molar refractivity (Wildman–Crippen MR) is 62.3 cm³/mol. The van der Waals surface area contributed by atoms with Crippen LogP contribution in [-0.4, -0.2) is 50.7 Å². The standard InChI is InChI=1S/C11H11ClN2O4/c12-6-1-2-13-8(3-6)10(16)14-5-7(15)4-9(14)11(17)18/h1-3,7,9,15H,4-5H2,(H,17,18)/t7-,9+/m1/s1. The average molecular weight is 271 g/mol. The van der Waals surface area contributed by atoms with Gasteiger partial charge in [0, 0.05) is 24.2 Å². The van der Waals surface area contributed by atoms with Crippen LogP contribution in [0.5, 0.6) is 0 Å². The Morgan fingerprint density at radius 2 is 2.22 bits per heavy atom. The van der Waals surface area contributed by atoms with Crippen molar-refractivity contribution < 1.29 is 19.8 Å². The lowest BCUT2D eigenvalue weighted by Crippen LogP contribution is -2.40. The Bertz CT molecular complexity index is 494. The highest BCUT2D eigenvalue weighted by atomic mass is 35.5. The number of nitrogens with zero attached hydrogens (tertiary/aromatic N) is 2. The maximum atomic E-state index is 12.1. The van der Waals surface area contributed by atoms with Crippen molar-refractivity contribution in [3.05, 3.63) is 29.0 Å². The van der Waals surface area contributed by atoms with E-state index in [0.29, 0.717) is 5.02 Å². The zero-order valence-corrected chi connectivity index (χ0v) is 10.0. The first-order chi connectivity index (χ1) is 8.49. The van der Waals surface area contributed by atoms with Crippen LogP contribution in [0.1, 0.15) is 16.9 Å². The number of aliphatic carboxylic acids is 1. The second kappa shape index (κ2) is 4.91. The molecule has 0 bridgehead atoms. The number of likely N-dealkylation sites (tertiary alicyclic amines) is 1. The Hall–Kier alpha value is -1.66. The van der Waals surface area contributed by atoms with E-state index < -0.39 is 24.0 Å². The summed E-state index contributed by atoms with van der Waals surface area (Å²) < 4.78 is 0. The van der Waals surface area contributed by atoms with Crippen molar-refractivity contribution in [2.24, 2.45) is 0 Å². The van der Waals surface area contributed by atoms with Crippen molar-refractivity contribution in [3.8, 4) is 0 Å². The minimum absolute atomic E-state index is 0.00993.